The van der Waals surface area contributed by atoms with E-state index >= 15 is 0 Å². The van der Waals surface area contributed by atoms with Crippen LogP contribution >= 0.6 is 0 Å². The lowest BCUT2D eigenvalue weighted by Crippen LogP contribution is -2.38. The van der Waals surface area contributed by atoms with Crippen LogP contribution in [0.5, 0.6) is 5.75 Å². The fraction of sp³-hybridized carbons (Fsp3) is 0.250. The summed E-state index contributed by atoms with van der Waals surface area (Å²) in [5, 5.41) is 11.4. The van der Waals surface area contributed by atoms with Crippen LogP contribution in [0.25, 0.3) is 0 Å². The van der Waals surface area contributed by atoms with Gasteiger partial charge in [0.2, 0.25) is 11.9 Å². The molecule has 1 heterocycles. The molecule has 0 saturated heterocycles. The molecule has 10 heteroatoms. The van der Waals surface area contributed by atoms with E-state index in [0.717, 1.165) is 22.7 Å². The number of aryl methyl sites for hydroxylation is 1. The number of amides is 2. The third kappa shape index (κ3) is 8.30. The smallest absolute Gasteiger partial charge is 0.407 e. The first kappa shape index (κ1) is 24.3. The van der Waals surface area contributed by atoms with Gasteiger partial charge in [-0.05, 0) is 36.8 Å². The number of methoxy groups -OCH3 is 1. The molecule has 0 saturated carbocycles. The van der Waals surface area contributed by atoms with E-state index in [9.17, 15) is 9.59 Å². The average molecular weight is 465 g/mol. The zero-order chi connectivity index (χ0) is 24.2. The number of carbonyl (C=O) groups is 2. The van der Waals surface area contributed by atoms with Crippen LogP contribution < -0.4 is 26.0 Å². The van der Waals surface area contributed by atoms with Crippen molar-refractivity contribution in [3.63, 3.8) is 0 Å². The van der Waals surface area contributed by atoms with Gasteiger partial charge in [0.05, 0.1) is 13.7 Å². The fourth-order valence-corrected chi connectivity index (χ4v) is 2.90. The maximum absolute atomic E-state index is 11.9. The van der Waals surface area contributed by atoms with E-state index in [2.05, 4.69) is 31.2 Å². The summed E-state index contributed by atoms with van der Waals surface area (Å²) in [7, 11) is 1.62. The van der Waals surface area contributed by atoms with Gasteiger partial charge in [-0.2, -0.15) is 4.98 Å². The van der Waals surface area contributed by atoms with Crippen molar-refractivity contribution in [3.8, 4) is 5.75 Å². The summed E-state index contributed by atoms with van der Waals surface area (Å²) in [6, 6.07) is 18.6. The molecule has 0 atom stereocenters. The molecule has 0 fully saturated rings. The molecule has 2 aromatic carbocycles. The van der Waals surface area contributed by atoms with Gasteiger partial charge in [0.1, 0.15) is 18.2 Å². The summed E-state index contributed by atoms with van der Waals surface area (Å²) in [5.41, 5.74) is 2.52. The van der Waals surface area contributed by atoms with Crippen LogP contribution in [0.3, 0.4) is 0 Å². The summed E-state index contributed by atoms with van der Waals surface area (Å²) in [4.78, 5) is 32.4. The highest BCUT2D eigenvalue weighted by molar-refractivity contribution is 5.82. The second-order valence-corrected chi connectivity index (χ2v) is 7.26. The summed E-state index contributed by atoms with van der Waals surface area (Å²) in [5.74, 6) is 1.52. The number of rotatable bonds is 11. The lowest BCUT2D eigenvalue weighted by Gasteiger charge is -2.11. The van der Waals surface area contributed by atoms with Gasteiger partial charge in [0.15, 0.2) is 0 Å². The molecular weight excluding hydrogens is 436 g/mol. The monoisotopic (exact) mass is 464 g/mol. The van der Waals surface area contributed by atoms with Crippen LogP contribution in [-0.4, -0.2) is 48.7 Å². The Morgan fingerprint density at radius 3 is 2.44 bits per heavy atom. The zero-order valence-electron chi connectivity index (χ0n) is 19.1. The van der Waals surface area contributed by atoms with Crippen LogP contribution in [0.1, 0.15) is 11.3 Å². The van der Waals surface area contributed by atoms with Gasteiger partial charge in [-0.1, -0.05) is 30.3 Å². The lowest BCUT2D eigenvalue weighted by atomic mass is 10.2. The highest BCUT2D eigenvalue weighted by Crippen LogP contribution is 2.19. The third-order valence-electron chi connectivity index (χ3n) is 4.55. The number of nitrogens with one attached hydrogen (secondary N) is 4. The number of alkyl carbamates (subject to hydrolysis) is 1. The number of anilines is 3. The van der Waals surface area contributed by atoms with Crippen molar-refractivity contribution >= 4 is 29.5 Å². The van der Waals surface area contributed by atoms with Crippen molar-refractivity contribution in [3.05, 3.63) is 71.9 Å². The van der Waals surface area contributed by atoms with Crippen molar-refractivity contribution in [2.75, 3.05) is 37.4 Å². The number of benzene rings is 2. The highest BCUT2D eigenvalue weighted by atomic mass is 16.5. The zero-order valence-corrected chi connectivity index (χ0v) is 19.1. The number of hydrogen-bond acceptors (Lipinski definition) is 8. The largest absolute Gasteiger partial charge is 0.497 e. The van der Waals surface area contributed by atoms with Crippen molar-refractivity contribution < 1.29 is 19.1 Å². The van der Waals surface area contributed by atoms with Crippen molar-refractivity contribution in [1.82, 2.24) is 20.6 Å². The molecule has 3 rings (SSSR count). The first-order valence-corrected chi connectivity index (χ1v) is 10.7. The molecule has 0 aliphatic heterocycles. The molecule has 0 bridgehead atoms. The Morgan fingerprint density at radius 1 is 0.941 bits per heavy atom. The Balaban J connectivity index is 1.35. The second kappa shape index (κ2) is 12.6. The normalized spacial score (nSPS) is 10.2. The van der Waals surface area contributed by atoms with Gasteiger partial charge in [-0.3, -0.25) is 4.79 Å². The molecule has 0 aliphatic carbocycles. The quantitative estimate of drug-likeness (QED) is 0.319. The number of ether oxygens (including phenoxy) is 2. The third-order valence-corrected chi connectivity index (χ3v) is 4.55. The summed E-state index contributed by atoms with van der Waals surface area (Å²) >= 11 is 0. The van der Waals surface area contributed by atoms with Crippen molar-refractivity contribution in [1.29, 1.82) is 0 Å². The Bertz CT molecular complexity index is 1080. The molecule has 4 N–H and O–H groups in total. The second-order valence-electron chi connectivity index (χ2n) is 7.26. The molecule has 3 aromatic rings. The predicted octanol–water partition coefficient (Wildman–Crippen LogP) is 2.99. The van der Waals surface area contributed by atoms with Gasteiger partial charge in [0.25, 0.3) is 0 Å². The minimum Gasteiger partial charge on any atom is -0.497 e. The number of carbonyl (C=O) groups excluding carboxylic acids is 2. The molecule has 178 valence electrons. The van der Waals surface area contributed by atoms with Gasteiger partial charge >= 0.3 is 6.09 Å². The van der Waals surface area contributed by atoms with Gasteiger partial charge in [-0.25, -0.2) is 9.78 Å². The Labute approximate surface area is 198 Å². The molecule has 0 unspecified atom stereocenters. The van der Waals surface area contributed by atoms with E-state index in [1.807, 2.05) is 67.6 Å². The first-order valence-electron chi connectivity index (χ1n) is 10.7. The SMILES string of the molecule is COc1ccc(Nc2cc(C)nc(NCCNC(=O)CNC(=O)OCc3ccccc3)n2)cc1. The predicted molar refractivity (Wildman–Crippen MR) is 129 cm³/mol. The lowest BCUT2D eigenvalue weighted by molar-refractivity contribution is -0.120. The maximum atomic E-state index is 11.9. The van der Waals surface area contributed by atoms with Crippen molar-refractivity contribution in [2.45, 2.75) is 13.5 Å². The van der Waals surface area contributed by atoms with Crippen LogP contribution in [0.15, 0.2) is 60.7 Å². The van der Waals surface area contributed by atoms with E-state index in [4.69, 9.17) is 9.47 Å². The van der Waals surface area contributed by atoms with Gasteiger partial charge < -0.3 is 30.7 Å². The molecule has 1 aromatic heterocycles. The number of hydrogen-bond donors (Lipinski definition) is 4. The first-order chi connectivity index (χ1) is 16.5. The molecule has 0 spiro atoms. The fourth-order valence-electron chi connectivity index (χ4n) is 2.90. The Hall–Kier alpha value is -4.34. The van der Waals surface area contributed by atoms with E-state index in [1.54, 1.807) is 7.11 Å². The van der Waals surface area contributed by atoms with E-state index in [0.29, 0.717) is 24.9 Å². The van der Waals surface area contributed by atoms with Crippen LogP contribution in [0, 0.1) is 6.92 Å². The molecule has 10 nitrogen and oxygen atoms in total. The minimum absolute atomic E-state index is 0.143. The summed E-state index contributed by atoms with van der Waals surface area (Å²) < 4.78 is 10.2. The van der Waals surface area contributed by atoms with Crippen LogP contribution in [0.4, 0.5) is 22.2 Å². The number of aromatic nitrogens is 2. The summed E-state index contributed by atoms with van der Waals surface area (Å²) in [6.45, 7) is 2.58. The highest BCUT2D eigenvalue weighted by Gasteiger charge is 2.07. The average Bonchev–Trinajstić information content (AvgIpc) is 2.85. The van der Waals surface area contributed by atoms with E-state index < -0.39 is 6.09 Å². The Kier molecular flexibility index (Phi) is 9.03. The molecule has 34 heavy (non-hydrogen) atoms. The number of nitrogens with zero attached hydrogens (tertiary/aromatic N) is 2. The van der Waals surface area contributed by atoms with Gasteiger partial charge in [-0.15, -0.1) is 0 Å². The standard InChI is InChI=1S/C24H28N6O4/c1-17-14-21(29-19-8-10-20(33-2)11-9-19)30-23(28-17)26-13-12-25-22(31)15-27-24(32)34-16-18-6-4-3-5-7-18/h3-11,14H,12-13,15-16H2,1-2H3,(H,25,31)(H,27,32)(H2,26,28,29,30). The molecule has 0 radical (unpaired) electrons. The topological polar surface area (TPSA) is 126 Å². The molecule has 2 amide bonds. The molecular formula is C24H28N6O4. The molecule has 0 aliphatic rings. The van der Waals surface area contributed by atoms with Crippen LogP contribution in [0.2, 0.25) is 0 Å². The van der Waals surface area contributed by atoms with Gasteiger partial charge in [0, 0.05) is 30.5 Å². The van der Waals surface area contributed by atoms with Crippen LogP contribution in [-0.2, 0) is 16.1 Å². The maximum Gasteiger partial charge on any atom is 0.407 e. The minimum atomic E-state index is -0.651. The Morgan fingerprint density at radius 2 is 1.71 bits per heavy atom. The van der Waals surface area contributed by atoms with E-state index in [-0.39, 0.29) is 19.1 Å². The summed E-state index contributed by atoms with van der Waals surface area (Å²) in [6.07, 6.45) is -0.651. The van der Waals surface area contributed by atoms with Crippen molar-refractivity contribution in [2.24, 2.45) is 0 Å². The van der Waals surface area contributed by atoms with E-state index in [1.165, 1.54) is 0 Å².